The van der Waals surface area contributed by atoms with Gasteiger partial charge in [-0.15, -0.1) is 0 Å². The van der Waals surface area contributed by atoms with Crippen molar-refractivity contribution in [3.8, 4) is 6.07 Å². The van der Waals surface area contributed by atoms with Crippen molar-refractivity contribution in [2.45, 2.75) is 19.9 Å². The van der Waals surface area contributed by atoms with Crippen molar-refractivity contribution in [1.82, 2.24) is 4.57 Å². The number of halogens is 1. The Morgan fingerprint density at radius 2 is 2.24 bits per heavy atom. The summed E-state index contributed by atoms with van der Waals surface area (Å²) >= 11 is 0. The van der Waals surface area contributed by atoms with Crippen LogP contribution in [0, 0.1) is 24.1 Å². The molecule has 1 aromatic heterocycles. The van der Waals surface area contributed by atoms with Crippen LogP contribution in [0.15, 0.2) is 18.2 Å². The topological polar surface area (TPSA) is 45.8 Å². The monoisotopic (exact) mass is 230 g/mol. The van der Waals surface area contributed by atoms with E-state index in [4.69, 9.17) is 5.26 Å². The van der Waals surface area contributed by atoms with Crippen LogP contribution in [0.5, 0.6) is 0 Å². The van der Waals surface area contributed by atoms with Gasteiger partial charge >= 0.3 is 0 Å². The van der Waals surface area contributed by atoms with Gasteiger partial charge < -0.3 is 4.57 Å². The summed E-state index contributed by atoms with van der Waals surface area (Å²) in [5, 5.41) is 9.53. The van der Waals surface area contributed by atoms with Crippen LogP contribution >= 0.6 is 0 Å². The third-order valence-corrected chi connectivity index (χ3v) is 2.95. The molecule has 0 radical (unpaired) electrons. The SMILES string of the molecule is Cc1c(C=O)c2cc(F)ccc2n1C(C)C#N. The van der Waals surface area contributed by atoms with Crippen LogP contribution < -0.4 is 0 Å². The lowest BCUT2D eigenvalue weighted by Crippen LogP contribution is -2.04. The van der Waals surface area contributed by atoms with Crippen LogP contribution in [0.1, 0.15) is 29.0 Å². The molecule has 1 heterocycles. The summed E-state index contributed by atoms with van der Waals surface area (Å²) in [4.78, 5) is 11.1. The lowest BCUT2D eigenvalue weighted by Gasteiger charge is -2.09. The zero-order valence-corrected chi connectivity index (χ0v) is 9.57. The minimum absolute atomic E-state index is 0.387. The van der Waals surface area contributed by atoms with Crippen molar-refractivity contribution in [2.75, 3.05) is 0 Å². The Balaban J connectivity index is 2.90. The minimum atomic E-state index is -0.392. The Bertz CT molecular complexity index is 637. The Hall–Kier alpha value is -2.15. The van der Waals surface area contributed by atoms with E-state index in [2.05, 4.69) is 6.07 Å². The highest BCUT2D eigenvalue weighted by Gasteiger charge is 2.17. The van der Waals surface area contributed by atoms with Crippen LogP contribution in [0.2, 0.25) is 0 Å². The zero-order valence-electron chi connectivity index (χ0n) is 9.57. The fourth-order valence-electron chi connectivity index (χ4n) is 2.15. The first-order valence-corrected chi connectivity index (χ1v) is 5.25. The molecule has 2 aromatic rings. The number of nitrogens with zero attached hydrogens (tertiary/aromatic N) is 2. The van der Waals surface area contributed by atoms with Gasteiger partial charge in [0, 0.05) is 16.6 Å². The second-order valence-electron chi connectivity index (χ2n) is 3.95. The summed E-state index contributed by atoms with van der Waals surface area (Å²) in [5.41, 5.74) is 1.84. The fourth-order valence-corrected chi connectivity index (χ4v) is 2.15. The van der Waals surface area contributed by atoms with Gasteiger partial charge in [-0.3, -0.25) is 4.79 Å². The molecule has 0 saturated carbocycles. The van der Waals surface area contributed by atoms with Gasteiger partial charge in [0.2, 0.25) is 0 Å². The van der Waals surface area contributed by atoms with Gasteiger partial charge in [-0.1, -0.05) is 0 Å². The number of benzene rings is 1. The quantitative estimate of drug-likeness (QED) is 0.744. The molecule has 0 aliphatic rings. The van der Waals surface area contributed by atoms with Gasteiger partial charge in [0.25, 0.3) is 0 Å². The molecule has 1 atom stereocenters. The first-order chi connectivity index (χ1) is 8.10. The molecule has 0 fully saturated rings. The predicted octanol–water partition coefficient (Wildman–Crippen LogP) is 2.99. The standard InChI is InChI=1S/C13H11FN2O/c1-8(6-15)16-9(2)12(7-17)11-5-10(14)3-4-13(11)16/h3-5,7-8H,1-2H3. The first-order valence-electron chi connectivity index (χ1n) is 5.25. The largest absolute Gasteiger partial charge is 0.328 e. The highest BCUT2D eigenvalue weighted by atomic mass is 19.1. The molecule has 2 rings (SSSR count). The Morgan fingerprint density at radius 3 is 2.82 bits per heavy atom. The summed E-state index contributed by atoms with van der Waals surface area (Å²) < 4.78 is 14.9. The van der Waals surface area contributed by atoms with Crippen molar-refractivity contribution >= 4 is 17.2 Å². The molecule has 1 unspecified atom stereocenters. The van der Waals surface area contributed by atoms with Crippen molar-refractivity contribution in [3.63, 3.8) is 0 Å². The summed E-state index contributed by atoms with van der Waals surface area (Å²) in [7, 11) is 0. The van der Waals surface area contributed by atoms with Crippen molar-refractivity contribution in [1.29, 1.82) is 5.26 Å². The first kappa shape index (κ1) is 11.3. The smallest absolute Gasteiger partial charge is 0.152 e. The molecule has 0 amide bonds. The maximum Gasteiger partial charge on any atom is 0.152 e. The van der Waals surface area contributed by atoms with E-state index in [-0.39, 0.29) is 5.82 Å². The Morgan fingerprint density at radius 1 is 1.53 bits per heavy atom. The van der Waals surface area contributed by atoms with E-state index in [1.807, 2.05) is 0 Å². The molecule has 4 heteroatoms. The Kier molecular flexibility index (Phi) is 2.68. The number of aromatic nitrogens is 1. The number of carbonyl (C=O) groups is 1. The van der Waals surface area contributed by atoms with E-state index >= 15 is 0 Å². The van der Waals surface area contributed by atoms with Gasteiger partial charge in [0.15, 0.2) is 6.29 Å². The van der Waals surface area contributed by atoms with E-state index in [1.54, 1.807) is 24.5 Å². The number of fused-ring (bicyclic) bond motifs is 1. The third kappa shape index (κ3) is 1.60. The molecule has 17 heavy (non-hydrogen) atoms. The lowest BCUT2D eigenvalue weighted by atomic mass is 10.1. The van der Waals surface area contributed by atoms with E-state index in [0.29, 0.717) is 28.4 Å². The van der Waals surface area contributed by atoms with Crippen LogP contribution in [0.4, 0.5) is 4.39 Å². The van der Waals surface area contributed by atoms with Crippen LogP contribution in [-0.4, -0.2) is 10.9 Å². The third-order valence-electron chi connectivity index (χ3n) is 2.95. The fraction of sp³-hybridized carbons (Fsp3) is 0.231. The maximum atomic E-state index is 13.2. The molecule has 86 valence electrons. The molecule has 0 N–H and O–H groups in total. The number of rotatable bonds is 2. The normalized spacial score (nSPS) is 12.4. The van der Waals surface area contributed by atoms with E-state index < -0.39 is 6.04 Å². The lowest BCUT2D eigenvalue weighted by molar-refractivity contribution is 0.112. The van der Waals surface area contributed by atoms with E-state index in [0.717, 1.165) is 0 Å². The van der Waals surface area contributed by atoms with Crippen LogP contribution in [0.25, 0.3) is 10.9 Å². The van der Waals surface area contributed by atoms with Gasteiger partial charge in [-0.2, -0.15) is 5.26 Å². The Labute approximate surface area is 98.1 Å². The summed E-state index contributed by atoms with van der Waals surface area (Å²) in [6.07, 6.45) is 0.706. The minimum Gasteiger partial charge on any atom is -0.328 e. The van der Waals surface area contributed by atoms with Gasteiger partial charge in [-0.25, -0.2) is 4.39 Å². The second kappa shape index (κ2) is 4.02. The summed E-state index contributed by atoms with van der Waals surface area (Å²) in [5.74, 6) is -0.387. The zero-order chi connectivity index (χ0) is 12.6. The highest BCUT2D eigenvalue weighted by Crippen LogP contribution is 2.28. The second-order valence-corrected chi connectivity index (χ2v) is 3.95. The molecule has 0 aliphatic heterocycles. The molecule has 0 bridgehead atoms. The average Bonchev–Trinajstić information content (AvgIpc) is 2.59. The molecular formula is C13H11FN2O. The maximum absolute atomic E-state index is 13.2. The van der Waals surface area contributed by atoms with Crippen molar-refractivity contribution in [2.24, 2.45) is 0 Å². The molecule has 3 nitrogen and oxygen atoms in total. The molecular weight excluding hydrogens is 219 g/mol. The predicted molar refractivity (Wildman–Crippen MR) is 62.3 cm³/mol. The van der Waals surface area contributed by atoms with Crippen LogP contribution in [0.3, 0.4) is 0 Å². The summed E-state index contributed by atoms with van der Waals surface area (Å²) in [6.45, 7) is 3.50. The molecule has 0 aliphatic carbocycles. The van der Waals surface area contributed by atoms with Crippen molar-refractivity contribution in [3.05, 3.63) is 35.3 Å². The number of aldehydes is 1. The van der Waals surface area contributed by atoms with Gasteiger partial charge in [0.05, 0.1) is 11.6 Å². The molecule has 0 spiro atoms. The average molecular weight is 230 g/mol. The molecule has 0 saturated heterocycles. The number of carbonyl (C=O) groups excluding carboxylic acids is 1. The summed E-state index contributed by atoms with van der Waals surface area (Å²) in [6, 6.07) is 5.98. The van der Waals surface area contributed by atoms with Crippen LogP contribution in [-0.2, 0) is 0 Å². The van der Waals surface area contributed by atoms with Crippen molar-refractivity contribution < 1.29 is 9.18 Å². The van der Waals surface area contributed by atoms with Gasteiger partial charge in [0.1, 0.15) is 11.9 Å². The van der Waals surface area contributed by atoms with Gasteiger partial charge in [-0.05, 0) is 32.0 Å². The highest BCUT2D eigenvalue weighted by molar-refractivity contribution is 5.99. The number of hydrogen-bond acceptors (Lipinski definition) is 2. The molecule has 1 aromatic carbocycles. The van der Waals surface area contributed by atoms with E-state index in [9.17, 15) is 9.18 Å². The number of hydrogen-bond donors (Lipinski definition) is 0. The van der Waals surface area contributed by atoms with E-state index in [1.165, 1.54) is 12.1 Å². The number of nitriles is 1.